The predicted octanol–water partition coefficient (Wildman–Crippen LogP) is 3.50. The summed E-state index contributed by atoms with van der Waals surface area (Å²) < 4.78 is 0. The summed E-state index contributed by atoms with van der Waals surface area (Å²) in [6.45, 7) is 1.43. The van der Waals surface area contributed by atoms with Gasteiger partial charge in [0, 0.05) is 30.6 Å². The van der Waals surface area contributed by atoms with Gasteiger partial charge in [-0.3, -0.25) is 10.2 Å². The highest BCUT2D eigenvalue weighted by atomic mass is 35.5. The number of likely N-dealkylation sites (tertiary alicyclic amines) is 1. The number of nitrogens with one attached hydrogen (secondary N) is 1. The highest BCUT2D eigenvalue weighted by Crippen LogP contribution is 2.23. The second-order valence-electron chi connectivity index (χ2n) is 6.71. The Morgan fingerprint density at radius 1 is 1.00 bits per heavy atom. The molecule has 0 unspecified atom stereocenters. The maximum Gasteiger partial charge on any atom is 0.253 e. The lowest BCUT2D eigenvalue weighted by atomic mass is 9.93. The molecule has 27 heavy (non-hydrogen) atoms. The molecule has 142 valence electrons. The third-order valence-electron chi connectivity index (χ3n) is 4.99. The number of hydrogen-bond donors (Lipinski definition) is 2. The van der Waals surface area contributed by atoms with Crippen LogP contribution >= 0.6 is 12.4 Å². The van der Waals surface area contributed by atoms with Gasteiger partial charge in [-0.05, 0) is 42.0 Å². The van der Waals surface area contributed by atoms with E-state index < -0.39 is 0 Å². The van der Waals surface area contributed by atoms with Crippen LogP contribution in [0, 0.1) is 11.3 Å². The lowest BCUT2D eigenvalue weighted by molar-refractivity contribution is -0.108. The van der Waals surface area contributed by atoms with E-state index >= 15 is 0 Å². The van der Waals surface area contributed by atoms with Crippen LogP contribution in [0.15, 0.2) is 48.5 Å². The molecule has 0 spiro atoms. The Labute approximate surface area is 165 Å². The van der Waals surface area contributed by atoms with Gasteiger partial charge in [0.15, 0.2) is 0 Å². The summed E-state index contributed by atoms with van der Waals surface area (Å²) in [7, 11) is 0. The number of hydrogen-bond acceptors (Lipinski definition) is 3. The molecule has 1 aliphatic rings. The van der Waals surface area contributed by atoms with Crippen LogP contribution in [-0.4, -0.2) is 36.0 Å². The van der Waals surface area contributed by atoms with E-state index in [1.54, 1.807) is 0 Å². The van der Waals surface area contributed by atoms with Crippen molar-refractivity contribution in [2.75, 3.05) is 13.1 Å². The lowest BCUT2D eigenvalue weighted by Crippen LogP contribution is -2.38. The van der Waals surface area contributed by atoms with E-state index in [9.17, 15) is 9.59 Å². The van der Waals surface area contributed by atoms with Crippen LogP contribution in [0.4, 0.5) is 0 Å². The van der Waals surface area contributed by atoms with E-state index in [0.29, 0.717) is 36.6 Å². The molecular weight excluding hydrogens is 362 g/mol. The Balaban J connectivity index is 0.00000261. The Bertz CT molecular complexity index is 795. The van der Waals surface area contributed by atoms with Gasteiger partial charge in [-0.15, -0.1) is 12.4 Å². The SMILES string of the molecule is Cl.N=C(N)c1ccc(-c2ccc(C(=O)N3CCC(CC=O)CC3)cc2)cc1. The van der Waals surface area contributed by atoms with E-state index in [0.717, 1.165) is 30.3 Å². The molecule has 0 aromatic heterocycles. The summed E-state index contributed by atoms with van der Waals surface area (Å²) in [5.74, 6) is 0.513. The quantitative estimate of drug-likeness (QED) is 0.469. The van der Waals surface area contributed by atoms with Crippen LogP contribution in [0.3, 0.4) is 0 Å². The van der Waals surface area contributed by atoms with Gasteiger partial charge in [0.05, 0.1) is 0 Å². The van der Waals surface area contributed by atoms with Crippen molar-refractivity contribution >= 4 is 30.4 Å². The molecule has 0 atom stereocenters. The maximum absolute atomic E-state index is 12.7. The molecule has 1 heterocycles. The number of nitrogens with two attached hydrogens (primary N) is 1. The predicted molar refractivity (Wildman–Crippen MR) is 109 cm³/mol. The molecule has 2 aromatic rings. The first kappa shape index (κ1) is 20.6. The number of carbonyl (C=O) groups is 2. The Kier molecular flexibility index (Phi) is 7.13. The number of nitrogen functional groups attached to an aromatic ring is 1. The Morgan fingerprint density at radius 3 is 1.93 bits per heavy atom. The minimum absolute atomic E-state index is 0. The minimum atomic E-state index is 0. The monoisotopic (exact) mass is 385 g/mol. The second-order valence-corrected chi connectivity index (χ2v) is 6.71. The average molecular weight is 386 g/mol. The standard InChI is InChI=1S/C21H23N3O2.ClH/c22-20(23)18-5-1-16(2-6-18)17-3-7-19(8-4-17)21(26)24-12-9-15(10-13-24)11-14-25;/h1-8,14-15H,9-13H2,(H3,22,23);1H. The van der Waals surface area contributed by atoms with Crippen molar-refractivity contribution in [1.29, 1.82) is 5.41 Å². The van der Waals surface area contributed by atoms with Gasteiger partial charge in [0.1, 0.15) is 12.1 Å². The number of benzene rings is 2. The van der Waals surface area contributed by atoms with Crippen molar-refractivity contribution in [3.63, 3.8) is 0 Å². The molecule has 2 aromatic carbocycles. The van der Waals surface area contributed by atoms with E-state index in [-0.39, 0.29) is 24.1 Å². The molecule has 1 aliphatic heterocycles. The third-order valence-corrected chi connectivity index (χ3v) is 4.99. The fourth-order valence-corrected chi connectivity index (χ4v) is 3.34. The lowest BCUT2D eigenvalue weighted by Gasteiger charge is -2.31. The number of aldehydes is 1. The first-order valence-electron chi connectivity index (χ1n) is 8.86. The van der Waals surface area contributed by atoms with E-state index in [1.807, 2.05) is 53.4 Å². The molecule has 0 radical (unpaired) electrons. The van der Waals surface area contributed by atoms with Gasteiger partial charge in [-0.25, -0.2) is 0 Å². The second kappa shape index (κ2) is 9.33. The van der Waals surface area contributed by atoms with E-state index in [4.69, 9.17) is 11.1 Å². The molecule has 1 saturated heterocycles. The minimum Gasteiger partial charge on any atom is -0.384 e. The zero-order valence-electron chi connectivity index (χ0n) is 15.1. The highest BCUT2D eigenvalue weighted by Gasteiger charge is 2.23. The molecular formula is C21H24ClN3O2. The summed E-state index contributed by atoms with van der Waals surface area (Å²) in [5.41, 5.74) is 8.88. The summed E-state index contributed by atoms with van der Waals surface area (Å²) in [6.07, 6.45) is 3.36. The summed E-state index contributed by atoms with van der Waals surface area (Å²) in [6, 6.07) is 15.1. The van der Waals surface area contributed by atoms with Crippen LogP contribution in [0.25, 0.3) is 11.1 Å². The first-order valence-corrected chi connectivity index (χ1v) is 8.86. The summed E-state index contributed by atoms with van der Waals surface area (Å²) in [4.78, 5) is 25.1. The zero-order valence-corrected chi connectivity index (χ0v) is 15.9. The fourth-order valence-electron chi connectivity index (χ4n) is 3.34. The van der Waals surface area contributed by atoms with Gasteiger partial charge >= 0.3 is 0 Å². The van der Waals surface area contributed by atoms with Gasteiger partial charge in [-0.2, -0.15) is 0 Å². The van der Waals surface area contributed by atoms with Crippen molar-refractivity contribution in [1.82, 2.24) is 4.90 Å². The molecule has 3 N–H and O–H groups in total. The Morgan fingerprint density at radius 2 is 1.48 bits per heavy atom. The van der Waals surface area contributed by atoms with Crippen LogP contribution < -0.4 is 5.73 Å². The fraction of sp³-hybridized carbons (Fsp3) is 0.286. The number of amidine groups is 1. The summed E-state index contributed by atoms with van der Waals surface area (Å²) in [5, 5.41) is 7.44. The highest BCUT2D eigenvalue weighted by molar-refractivity contribution is 5.96. The van der Waals surface area contributed by atoms with Crippen LogP contribution in [-0.2, 0) is 4.79 Å². The van der Waals surface area contributed by atoms with Gasteiger partial charge in [-0.1, -0.05) is 36.4 Å². The third kappa shape index (κ3) is 4.95. The van der Waals surface area contributed by atoms with Crippen molar-refractivity contribution < 1.29 is 9.59 Å². The molecule has 1 fully saturated rings. The van der Waals surface area contributed by atoms with Crippen LogP contribution in [0.5, 0.6) is 0 Å². The maximum atomic E-state index is 12.7. The number of piperidine rings is 1. The van der Waals surface area contributed by atoms with E-state index in [1.165, 1.54) is 0 Å². The van der Waals surface area contributed by atoms with Crippen LogP contribution in [0.2, 0.25) is 0 Å². The molecule has 5 nitrogen and oxygen atoms in total. The molecule has 0 saturated carbocycles. The first-order chi connectivity index (χ1) is 12.6. The number of nitrogens with zero attached hydrogens (tertiary/aromatic N) is 1. The Hall–Kier alpha value is -2.66. The smallest absolute Gasteiger partial charge is 0.253 e. The molecule has 3 rings (SSSR count). The van der Waals surface area contributed by atoms with Crippen molar-refractivity contribution in [2.24, 2.45) is 11.7 Å². The number of halogens is 1. The number of rotatable bonds is 5. The molecule has 0 aliphatic carbocycles. The largest absolute Gasteiger partial charge is 0.384 e. The summed E-state index contributed by atoms with van der Waals surface area (Å²) >= 11 is 0. The van der Waals surface area contributed by atoms with E-state index in [2.05, 4.69) is 0 Å². The van der Waals surface area contributed by atoms with Crippen molar-refractivity contribution in [3.05, 3.63) is 59.7 Å². The van der Waals surface area contributed by atoms with Gasteiger partial charge in [0.25, 0.3) is 5.91 Å². The number of carbonyl (C=O) groups excluding carboxylic acids is 2. The van der Waals surface area contributed by atoms with Gasteiger partial charge in [0.2, 0.25) is 0 Å². The van der Waals surface area contributed by atoms with Gasteiger partial charge < -0.3 is 15.4 Å². The van der Waals surface area contributed by atoms with Crippen molar-refractivity contribution in [2.45, 2.75) is 19.3 Å². The zero-order chi connectivity index (χ0) is 18.5. The molecule has 1 amide bonds. The molecule has 0 bridgehead atoms. The number of amides is 1. The van der Waals surface area contributed by atoms with Crippen molar-refractivity contribution in [3.8, 4) is 11.1 Å². The molecule has 6 heteroatoms. The normalized spacial score (nSPS) is 14.3. The topological polar surface area (TPSA) is 87.2 Å². The average Bonchev–Trinajstić information content (AvgIpc) is 2.68. The van der Waals surface area contributed by atoms with Crippen LogP contribution in [0.1, 0.15) is 35.2 Å².